The molecule has 1 atom stereocenters. The van der Waals surface area contributed by atoms with Crippen LogP contribution in [0.4, 0.5) is 0 Å². The number of hydrogen-bond acceptors (Lipinski definition) is 0. The highest BCUT2D eigenvalue weighted by molar-refractivity contribution is 7.40. The molecule has 0 aromatic heterocycles. The number of allylic oxidation sites excluding steroid dienone is 4. The van der Waals surface area contributed by atoms with Gasteiger partial charge in [-0.2, -0.15) is 0 Å². The predicted molar refractivity (Wildman–Crippen MR) is 47.3 cm³/mol. The van der Waals surface area contributed by atoms with Gasteiger partial charge in [-0.25, -0.2) is 0 Å². The van der Waals surface area contributed by atoms with Gasteiger partial charge in [0.1, 0.15) is 0 Å². The molecule has 0 heterocycles. The van der Waals surface area contributed by atoms with Crippen LogP contribution in [0.1, 0.15) is 6.92 Å². The zero-order chi connectivity index (χ0) is 7.11. The lowest BCUT2D eigenvalue weighted by molar-refractivity contribution is 1.53. The summed E-state index contributed by atoms with van der Waals surface area (Å²) in [6, 6.07) is 0. The SMILES string of the molecule is C=CC=C(C)/C=C\PC. The third-order valence-corrected chi connectivity index (χ3v) is 1.39. The first kappa shape index (κ1) is 8.65. The van der Waals surface area contributed by atoms with Crippen molar-refractivity contribution in [2.24, 2.45) is 0 Å². The topological polar surface area (TPSA) is 0 Å². The molecule has 50 valence electrons. The molecule has 0 aliphatic heterocycles. The van der Waals surface area contributed by atoms with Crippen molar-refractivity contribution >= 4 is 8.58 Å². The summed E-state index contributed by atoms with van der Waals surface area (Å²) in [6.45, 7) is 7.82. The molecule has 0 fully saturated rings. The Bertz CT molecular complexity index is 132. The fourth-order valence-electron chi connectivity index (χ4n) is 0.456. The quantitative estimate of drug-likeness (QED) is 0.417. The van der Waals surface area contributed by atoms with E-state index in [1.165, 1.54) is 5.57 Å². The first-order chi connectivity index (χ1) is 4.31. The highest BCUT2D eigenvalue weighted by atomic mass is 31.1. The highest BCUT2D eigenvalue weighted by Crippen LogP contribution is 2.06. The molecule has 0 aromatic rings. The minimum absolute atomic E-state index is 0.899. The Morgan fingerprint density at radius 1 is 1.56 bits per heavy atom. The van der Waals surface area contributed by atoms with Crippen LogP contribution in [0.3, 0.4) is 0 Å². The van der Waals surface area contributed by atoms with Crippen molar-refractivity contribution in [2.75, 3.05) is 6.66 Å². The Kier molecular flexibility index (Phi) is 5.56. The van der Waals surface area contributed by atoms with Gasteiger partial charge in [0, 0.05) is 0 Å². The van der Waals surface area contributed by atoms with Crippen LogP contribution in [-0.2, 0) is 0 Å². The molecular formula is C8H13P. The van der Waals surface area contributed by atoms with Gasteiger partial charge >= 0.3 is 0 Å². The highest BCUT2D eigenvalue weighted by Gasteiger charge is 1.73. The van der Waals surface area contributed by atoms with E-state index in [4.69, 9.17) is 0 Å². The molecule has 0 nitrogen and oxygen atoms in total. The second-order valence-corrected chi connectivity index (χ2v) is 2.68. The molecule has 0 aliphatic carbocycles. The molecule has 0 amide bonds. The predicted octanol–water partition coefficient (Wildman–Crippen LogP) is 2.94. The summed E-state index contributed by atoms with van der Waals surface area (Å²) >= 11 is 0. The van der Waals surface area contributed by atoms with Gasteiger partial charge in [0.25, 0.3) is 0 Å². The van der Waals surface area contributed by atoms with Crippen molar-refractivity contribution in [3.63, 3.8) is 0 Å². The van der Waals surface area contributed by atoms with E-state index in [2.05, 4.69) is 32.1 Å². The van der Waals surface area contributed by atoms with E-state index in [9.17, 15) is 0 Å². The summed E-state index contributed by atoms with van der Waals surface area (Å²) in [4.78, 5) is 0. The fraction of sp³-hybridized carbons (Fsp3) is 0.250. The van der Waals surface area contributed by atoms with Gasteiger partial charge in [0.05, 0.1) is 0 Å². The van der Waals surface area contributed by atoms with Crippen molar-refractivity contribution in [3.05, 3.63) is 36.2 Å². The van der Waals surface area contributed by atoms with Crippen LogP contribution in [0, 0.1) is 0 Å². The Morgan fingerprint density at radius 3 is 2.67 bits per heavy atom. The van der Waals surface area contributed by atoms with Crippen molar-refractivity contribution in [1.82, 2.24) is 0 Å². The van der Waals surface area contributed by atoms with Gasteiger partial charge in [0.15, 0.2) is 0 Å². The van der Waals surface area contributed by atoms with E-state index in [0.717, 1.165) is 8.58 Å². The van der Waals surface area contributed by atoms with E-state index in [1.54, 1.807) is 6.08 Å². The van der Waals surface area contributed by atoms with Crippen molar-refractivity contribution < 1.29 is 0 Å². The molecule has 9 heavy (non-hydrogen) atoms. The monoisotopic (exact) mass is 140 g/mol. The number of hydrogen-bond donors (Lipinski definition) is 0. The summed E-state index contributed by atoms with van der Waals surface area (Å²) in [5.74, 6) is 2.16. The van der Waals surface area contributed by atoms with Crippen molar-refractivity contribution in [2.45, 2.75) is 6.92 Å². The van der Waals surface area contributed by atoms with Crippen LogP contribution in [0.2, 0.25) is 0 Å². The first-order valence-corrected chi connectivity index (χ1v) is 4.52. The molecule has 1 heteroatoms. The molecule has 1 unspecified atom stereocenters. The largest absolute Gasteiger partial charge is 0.102 e. The molecule has 0 radical (unpaired) electrons. The molecule has 0 N–H and O–H groups in total. The Balaban J connectivity index is 3.74. The van der Waals surface area contributed by atoms with Gasteiger partial charge in [-0.1, -0.05) is 36.2 Å². The third kappa shape index (κ3) is 5.52. The average Bonchev–Trinajstić information content (AvgIpc) is 1.85. The van der Waals surface area contributed by atoms with E-state index >= 15 is 0 Å². The Labute approximate surface area is 59.1 Å². The van der Waals surface area contributed by atoms with Gasteiger partial charge in [-0.05, 0) is 13.6 Å². The lowest BCUT2D eigenvalue weighted by Crippen LogP contribution is -1.61. The van der Waals surface area contributed by atoms with Crippen LogP contribution >= 0.6 is 8.58 Å². The second-order valence-electron chi connectivity index (χ2n) is 1.77. The summed E-state index contributed by atoms with van der Waals surface area (Å²) in [5, 5.41) is 0. The zero-order valence-electron chi connectivity index (χ0n) is 6.02. The third-order valence-electron chi connectivity index (χ3n) is 0.894. The van der Waals surface area contributed by atoms with E-state index in [-0.39, 0.29) is 0 Å². The van der Waals surface area contributed by atoms with Crippen LogP contribution in [0.5, 0.6) is 0 Å². The first-order valence-electron chi connectivity index (χ1n) is 2.94. The summed E-state index contributed by atoms with van der Waals surface area (Å²) in [7, 11) is 0.899. The van der Waals surface area contributed by atoms with Crippen LogP contribution in [0.15, 0.2) is 36.2 Å². The van der Waals surface area contributed by atoms with Crippen molar-refractivity contribution in [1.29, 1.82) is 0 Å². The van der Waals surface area contributed by atoms with Crippen LogP contribution in [0.25, 0.3) is 0 Å². The molecule has 0 aliphatic rings. The van der Waals surface area contributed by atoms with Crippen molar-refractivity contribution in [3.8, 4) is 0 Å². The molecule has 0 bridgehead atoms. The standard InChI is InChI=1S/C8H13P/c1-4-5-8(2)6-7-9-3/h4-7,9H,1H2,2-3H3/b7-6-,8-5?. The van der Waals surface area contributed by atoms with Gasteiger partial charge in [0.2, 0.25) is 0 Å². The molecule has 0 aromatic carbocycles. The molecule has 0 saturated carbocycles. The smallest absolute Gasteiger partial charge is 0.0398 e. The van der Waals surface area contributed by atoms with E-state index < -0.39 is 0 Å². The minimum Gasteiger partial charge on any atom is -0.102 e. The lowest BCUT2D eigenvalue weighted by Gasteiger charge is -1.85. The normalized spacial score (nSPS) is 13.8. The van der Waals surface area contributed by atoms with Gasteiger partial charge < -0.3 is 0 Å². The Morgan fingerprint density at radius 2 is 2.22 bits per heavy atom. The van der Waals surface area contributed by atoms with Gasteiger partial charge in [-0.3, -0.25) is 0 Å². The van der Waals surface area contributed by atoms with Crippen LogP contribution < -0.4 is 0 Å². The summed E-state index contributed by atoms with van der Waals surface area (Å²) in [5.41, 5.74) is 1.26. The molecule has 0 spiro atoms. The average molecular weight is 140 g/mol. The second kappa shape index (κ2) is 5.78. The van der Waals surface area contributed by atoms with E-state index in [0.29, 0.717) is 0 Å². The lowest BCUT2D eigenvalue weighted by atomic mass is 10.3. The maximum Gasteiger partial charge on any atom is -0.0398 e. The maximum atomic E-state index is 3.60. The minimum atomic E-state index is 0.899. The molecule has 0 rings (SSSR count). The summed E-state index contributed by atoms with van der Waals surface area (Å²) in [6.07, 6.45) is 5.91. The number of rotatable bonds is 3. The zero-order valence-corrected chi connectivity index (χ0v) is 7.02. The Hall–Kier alpha value is -0.350. The van der Waals surface area contributed by atoms with E-state index in [1.807, 2.05) is 6.08 Å². The fourth-order valence-corrected chi connectivity index (χ4v) is 0.886. The van der Waals surface area contributed by atoms with Gasteiger partial charge in [-0.15, -0.1) is 8.58 Å². The molecular weight excluding hydrogens is 127 g/mol. The molecule has 0 saturated heterocycles. The summed E-state index contributed by atoms with van der Waals surface area (Å²) < 4.78 is 0. The maximum absolute atomic E-state index is 3.60. The van der Waals surface area contributed by atoms with Crippen LogP contribution in [-0.4, -0.2) is 6.66 Å².